The molecular weight excluding hydrogens is 845 g/mol. The second-order valence-corrected chi connectivity index (χ2v) is 22.7. The fourth-order valence-electron chi connectivity index (χ4n) is 11.6. The Bertz CT molecular complexity index is 2280. The topological polar surface area (TPSA) is 162 Å². The van der Waals surface area contributed by atoms with Crippen molar-refractivity contribution >= 4 is 44.5 Å². The minimum absolute atomic E-state index is 0.0421. The molecule has 14 heteroatoms. The molecule has 13 nitrogen and oxygen atoms in total. The summed E-state index contributed by atoms with van der Waals surface area (Å²) in [5, 5.41) is 0.889. The van der Waals surface area contributed by atoms with E-state index in [2.05, 4.69) is 28.4 Å². The number of hydrogen-bond acceptors (Lipinski definition) is 11. The van der Waals surface area contributed by atoms with Crippen LogP contribution in [0, 0.1) is 29.1 Å². The number of sulfonamides is 1. The maximum Gasteiger partial charge on any atom is 0.306 e. The van der Waals surface area contributed by atoms with Gasteiger partial charge in [0.15, 0.2) is 5.78 Å². The molecule has 6 fully saturated rings. The zero-order chi connectivity index (χ0) is 45.3. The number of ether oxygens (including phenoxy) is 3. The van der Waals surface area contributed by atoms with Gasteiger partial charge < -0.3 is 24.0 Å². The van der Waals surface area contributed by atoms with Crippen LogP contribution in [0.1, 0.15) is 128 Å². The van der Waals surface area contributed by atoms with E-state index in [-0.39, 0.29) is 67.8 Å². The normalized spacial score (nSPS) is 31.2. The number of para-hydroxylation sites is 1. The van der Waals surface area contributed by atoms with Gasteiger partial charge in [0.25, 0.3) is 0 Å². The molecule has 7 aliphatic rings. The number of hydrogen-bond donors (Lipinski definition) is 1. The molecule has 2 amide bonds. The summed E-state index contributed by atoms with van der Waals surface area (Å²) in [5.41, 5.74) is 0.216. The molecule has 9 rings (SSSR count). The SMILES string of the molecule is C=C[C@@H]1C[C@]1(CC(=O)[C@@H]1C[C@@H]2CN1C(=O)[C@H](C1CCCC1)CC(=O)O[C@@H]1CCC[C@H]1CC/C=C/Cc1c(nc3ccccc3c1OCCCN1CCCC1)O2)C(=O)NS(=O)(=O)C1(C)CC1. The van der Waals surface area contributed by atoms with Crippen LogP contribution in [0.15, 0.2) is 49.1 Å². The molecule has 0 unspecified atom stereocenters. The molecule has 2 aromatic rings. The molecule has 1 N–H and O–H groups in total. The van der Waals surface area contributed by atoms with E-state index in [1.54, 1.807) is 17.9 Å². The Morgan fingerprint density at radius 2 is 1.75 bits per heavy atom. The van der Waals surface area contributed by atoms with E-state index in [0.717, 1.165) is 101 Å². The molecule has 7 atom stereocenters. The number of nitrogens with zero attached hydrogens (tertiary/aromatic N) is 3. The molecule has 3 aliphatic heterocycles. The van der Waals surface area contributed by atoms with Gasteiger partial charge in [-0.25, -0.2) is 13.4 Å². The minimum atomic E-state index is -3.96. The van der Waals surface area contributed by atoms with Crippen molar-refractivity contribution in [2.75, 3.05) is 32.8 Å². The highest BCUT2D eigenvalue weighted by Gasteiger charge is 2.62. The predicted molar refractivity (Wildman–Crippen MR) is 246 cm³/mol. The van der Waals surface area contributed by atoms with Gasteiger partial charge in [-0.1, -0.05) is 43.2 Å². The lowest BCUT2D eigenvalue weighted by atomic mass is 9.86. The van der Waals surface area contributed by atoms with E-state index in [4.69, 9.17) is 19.2 Å². The van der Waals surface area contributed by atoms with Crippen LogP contribution in [0.4, 0.5) is 0 Å². The molecule has 2 bridgehead atoms. The van der Waals surface area contributed by atoms with Crippen LogP contribution in [0.5, 0.6) is 11.6 Å². The van der Waals surface area contributed by atoms with Crippen molar-refractivity contribution in [1.82, 2.24) is 19.5 Å². The average molecular weight is 913 g/mol. The Balaban J connectivity index is 1.06. The summed E-state index contributed by atoms with van der Waals surface area (Å²) in [6, 6.07) is 6.91. The second kappa shape index (κ2) is 19.1. The van der Waals surface area contributed by atoms with Gasteiger partial charge >= 0.3 is 5.97 Å². The van der Waals surface area contributed by atoms with Crippen molar-refractivity contribution in [3.8, 4) is 11.6 Å². The van der Waals surface area contributed by atoms with Crippen molar-refractivity contribution < 1.29 is 41.8 Å². The summed E-state index contributed by atoms with van der Waals surface area (Å²) < 4.78 is 47.8. The third kappa shape index (κ3) is 9.76. The first-order valence-electron chi connectivity index (χ1n) is 24.7. The molecule has 352 valence electrons. The first-order valence-corrected chi connectivity index (χ1v) is 26.2. The van der Waals surface area contributed by atoms with Crippen LogP contribution in [0.2, 0.25) is 0 Å². The van der Waals surface area contributed by atoms with Gasteiger partial charge in [-0.05, 0) is 140 Å². The van der Waals surface area contributed by atoms with Crippen LogP contribution >= 0.6 is 0 Å². The number of likely N-dealkylation sites (tertiary alicyclic amines) is 1. The number of ketones is 1. The van der Waals surface area contributed by atoms with Gasteiger partial charge in [0.05, 0.1) is 52.8 Å². The Hall–Kier alpha value is -4.30. The van der Waals surface area contributed by atoms with Gasteiger partial charge in [-0.2, -0.15) is 0 Å². The van der Waals surface area contributed by atoms with E-state index < -0.39 is 50.1 Å². The highest BCUT2D eigenvalue weighted by molar-refractivity contribution is 7.91. The third-order valence-electron chi connectivity index (χ3n) is 16.1. The number of carbonyl (C=O) groups is 4. The molecule has 65 heavy (non-hydrogen) atoms. The molecule has 4 heterocycles. The summed E-state index contributed by atoms with van der Waals surface area (Å²) in [6.07, 6.45) is 17.9. The van der Waals surface area contributed by atoms with Gasteiger partial charge in [0.2, 0.25) is 27.7 Å². The number of carbonyl (C=O) groups excluding carboxylic acids is 4. The summed E-state index contributed by atoms with van der Waals surface area (Å²) in [7, 11) is -3.96. The van der Waals surface area contributed by atoms with Crippen LogP contribution in [0.25, 0.3) is 10.9 Å². The number of rotatable bonds is 13. The fourth-order valence-corrected chi connectivity index (χ4v) is 13.0. The average Bonchev–Trinajstić information content (AvgIpc) is 3.73. The smallest absolute Gasteiger partial charge is 0.306 e. The van der Waals surface area contributed by atoms with E-state index in [0.29, 0.717) is 37.3 Å². The standard InChI is InChI=1S/C51H68N4O9S/c1-3-36-31-51(36,49(59)53-65(60,61)50(2)23-24-50)32-43(56)42-29-37-33-55(42)48(58)40(34-15-7-8-16-34)30-45(57)64-44-22-13-18-35(44)17-5-4-6-20-39-46(62-28-14-27-54-25-11-12-26-54)38-19-9-10-21-41(38)52-47(39)63-37/h3-4,6,9-10,19,21,34-37,40,42,44H,1,5,7-8,11-18,20,22-33H2,2H3,(H,53,59)/b6-4+/t35-,36-,37-,40+,42+,44-,51-/m1/s1. The summed E-state index contributed by atoms with van der Waals surface area (Å²) >= 11 is 0. The first kappa shape index (κ1) is 45.8. The van der Waals surface area contributed by atoms with Gasteiger partial charge in [0, 0.05) is 24.8 Å². The number of benzene rings is 1. The number of allylic oxidation sites excluding steroid dienone is 3. The summed E-state index contributed by atoms with van der Waals surface area (Å²) in [6.45, 7) is 9.33. The maximum atomic E-state index is 15.2. The van der Waals surface area contributed by atoms with Crippen LogP contribution < -0.4 is 14.2 Å². The molecule has 0 radical (unpaired) electrons. The van der Waals surface area contributed by atoms with Crippen molar-refractivity contribution in [3.63, 3.8) is 0 Å². The Morgan fingerprint density at radius 1 is 0.985 bits per heavy atom. The minimum Gasteiger partial charge on any atom is -0.492 e. The summed E-state index contributed by atoms with van der Waals surface area (Å²) in [4.78, 5) is 67.2. The van der Waals surface area contributed by atoms with Crippen LogP contribution in [0.3, 0.4) is 0 Å². The van der Waals surface area contributed by atoms with Gasteiger partial charge in [-0.15, -0.1) is 6.58 Å². The highest BCUT2D eigenvalue weighted by Crippen LogP contribution is 2.57. The van der Waals surface area contributed by atoms with E-state index in [9.17, 15) is 22.8 Å². The van der Waals surface area contributed by atoms with E-state index >= 15 is 4.79 Å². The Kier molecular flexibility index (Phi) is 13.5. The summed E-state index contributed by atoms with van der Waals surface area (Å²) in [5.74, 6) is -1.48. The quantitative estimate of drug-likeness (QED) is 0.121. The number of nitrogens with one attached hydrogen (secondary N) is 1. The largest absolute Gasteiger partial charge is 0.492 e. The first-order chi connectivity index (χ1) is 31.4. The third-order valence-corrected chi connectivity index (χ3v) is 18.3. The van der Waals surface area contributed by atoms with Crippen molar-refractivity contribution in [2.45, 2.75) is 152 Å². The Morgan fingerprint density at radius 3 is 2.51 bits per heavy atom. The van der Waals surface area contributed by atoms with Gasteiger partial charge in [0.1, 0.15) is 18.0 Å². The lowest BCUT2D eigenvalue weighted by Gasteiger charge is -2.31. The molecule has 1 aromatic carbocycles. The maximum absolute atomic E-state index is 15.2. The van der Waals surface area contributed by atoms with E-state index in [1.165, 1.54) is 12.8 Å². The number of Topliss-reactive ketones (excluding diaryl/α,β-unsaturated/α-hetero) is 1. The van der Waals surface area contributed by atoms with Crippen molar-refractivity contribution in [2.24, 2.45) is 29.1 Å². The zero-order valence-electron chi connectivity index (χ0n) is 38.2. The zero-order valence-corrected chi connectivity index (χ0v) is 39.0. The molecular formula is C51H68N4O9S. The molecule has 2 saturated heterocycles. The molecule has 1 aromatic heterocycles. The molecule has 4 aliphatic carbocycles. The van der Waals surface area contributed by atoms with Gasteiger partial charge in [-0.3, -0.25) is 23.9 Å². The molecule has 0 spiro atoms. The number of fused-ring (bicyclic) bond motifs is 5. The second-order valence-electron chi connectivity index (χ2n) is 20.5. The van der Waals surface area contributed by atoms with Crippen molar-refractivity contribution in [1.29, 1.82) is 0 Å². The lowest BCUT2D eigenvalue weighted by Crippen LogP contribution is -2.48. The lowest BCUT2D eigenvalue weighted by molar-refractivity contribution is -0.156. The fraction of sp³-hybridized carbons (Fsp3) is 0.667. The predicted octanol–water partition coefficient (Wildman–Crippen LogP) is 7.40. The van der Waals surface area contributed by atoms with E-state index in [1.807, 2.05) is 24.3 Å². The number of amides is 2. The molecule has 4 saturated carbocycles. The van der Waals surface area contributed by atoms with Crippen LogP contribution in [-0.4, -0.2) is 103 Å². The number of pyridine rings is 1. The number of aromatic nitrogens is 1. The van der Waals surface area contributed by atoms with Crippen molar-refractivity contribution in [3.05, 3.63) is 54.6 Å². The highest BCUT2D eigenvalue weighted by atomic mass is 32.2. The monoisotopic (exact) mass is 912 g/mol. The van der Waals surface area contributed by atoms with Crippen LogP contribution in [-0.2, 0) is 40.4 Å². The number of esters is 1. The Labute approximate surface area is 384 Å².